The number of hydrogen-bond acceptors (Lipinski definition) is 4. The highest BCUT2D eigenvalue weighted by Gasteiger charge is 2.24. The van der Waals surface area contributed by atoms with Crippen LogP contribution in [0.5, 0.6) is 5.75 Å². The van der Waals surface area contributed by atoms with Gasteiger partial charge in [-0.15, -0.1) is 0 Å². The average molecular weight is 271 g/mol. The second-order valence-corrected chi connectivity index (χ2v) is 5.60. The molecule has 1 fully saturated rings. The van der Waals surface area contributed by atoms with Gasteiger partial charge in [0.25, 0.3) is 0 Å². The van der Waals surface area contributed by atoms with Crippen LogP contribution in [0.1, 0.15) is 13.3 Å². The van der Waals surface area contributed by atoms with Crippen LogP contribution in [0, 0.1) is 5.92 Å². The third kappa shape index (κ3) is 2.31. The molecule has 1 saturated heterocycles. The maximum absolute atomic E-state index is 6.11. The van der Waals surface area contributed by atoms with E-state index < -0.39 is 0 Å². The van der Waals surface area contributed by atoms with Crippen LogP contribution in [0.2, 0.25) is 0 Å². The number of anilines is 1. The van der Waals surface area contributed by atoms with Crippen LogP contribution < -0.4 is 15.4 Å². The third-order valence-corrected chi connectivity index (χ3v) is 4.22. The molecule has 1 aromatic heterocycles. The Kier molecular flexibility index (Phi) is 3.49. The van der Waals surface area contributed by atoms with Crippen LogP contribution in [0.15, 0.2) is 30.5 Å². The molecular weight excluding hydrogens is 250 g/mol. The molecule has 4 heteroatoms. The molecule has 1 aliphatic heterocycles. The highest BCUT2D eigenvalue weighted by Crippen LogP contribution is 2.30. The lowest BCUT2D eigenvalue weighted by Gasteiger charge is -2.36. The van der Waals surface area contributed by atoms with Crippen LogP contribution in [0.3, 0.4) is 0 Å². The first kappa shape index (κ1) is 13.2. The Labute approximate surface area is 119 Å². The summed E-state index contributed by atoms with van der Waals surface area (Å²) in [6, 6.07) is 8.48. The minimum atomic E-state index is 0.302. The topological polar surface area (TPSA) is 51.4 Å². The highest BCUT2D eigenvalue weighted by atomic mass is 16.5. The van der Waals surface area contributed by atoms with Gasteiger partial charge >= 0.3 is 0 Å². The van der Waals surface area contributed by atoms with Crippen molar-refractivity contribution in [3.05, 3.63) is 30.5 Å². The number of ether oxygens (including phenoxy) is 1. The van der Waals surface area contributed by atoms with Crippen molar-refractivity contribution in [3.8, 4) is 5.75 Å². The Morgan fingerprint density at radius 3 is 2.95 bits per heavy atom. The van der Waals surface area contributed by atoms with E-state index in [1.807, 2.05) is 18.3 Å². The maximum Gasteiger partial charge on any atom is 0.136 e. The number of nitrogens with two attached hydrogens (primary N) is 1. The Morgan fingerprint density at radius 1 is 1.35 bits per heavy atom. The van der Waals surface area contributed by atoms with Crippen molar-refractivity contribution in [3.63, 3.8) is 0 Å². The van der Waals surface area contributed by atoms with Gasteiger partial charge < -0.3 is 15.4 Å². The first-order valence-electron chi connectivity index (χ1n) is 7.12. The summed E-state index contributed by atoms with van der Waals surface area (Å²) in [6.45, 7) is 4.14. The summed E-state index contributed by atoms with van der Waals surface area (Å²) in [4.78, 5) is 6.94. The predicted octanol–water partition coefficient (Wildman–Crippen LogP) is 2.42. The van der Waals surface area contributed by atoms with Crippen molar-refractivity contribution < 1.29 is 4.74 Å². The summed E-state index contributed by atoms with van der Waals surface area (Å²) in [7, 11) is 1.69. The van der Waals surface area contributed by atoms with E-state index >= 15 is 0 Å². The number of rotatable bonds is 2. The molecule has 4 nitrogen and oxygen atoms in total. The number of fused-ring (bicyclic) bond motifs is 1. The Bertz CT molecular complexity index is 614. The lowest BCUT2D eigenvalue weighted by Crippen LogP contribution is -2.46. The number of methoxy groups -OCH3 is 1. The minimum absolute atomic E-state index is 0.302. The number of nitrogens with zero attached hydrogens (tertiary/aromatic N) is 2. The third-order valence-electron chi connectivity index (χ3n) is 4.22. The van der Waals surface area contributed by atoms with Crippen LogP contribution in [-0.4, -0.2) is 31.2 Å². The zero-order valence-electron chi connectivity index (χ0n) is 12.0. The fourth-order valence-electron chi connectivity index (χ4n) is 2.87. The first-order chi connectivity index (χ1) is 9.69. The summed E-state index contributed by atoms with van der Waals surface area (Å²) >= 11 is 0. The number of piperidine rings is 1. The Balaban J connectivity index is 2.02. The monoisotopic (exact) mass is 271 g/mol. The quantitative estimate of drug-likeness (QED) is 0.911. The van der Waals surface area contributed by atoms with Crippen LogP contribution in [0.4, 0.5) is 5.82 Å². The number of hydrogen-bond donors (Lipinski definition) is 1. The summed E-state index contributed by atoms with van der Waals surface area (Å²) in [6.07, 6.45) is 2.90. The minimum Gasteiger partial charge on any atom is -0.497 e. The molecule has 2 aromatic rings. The Hall–Kier alpha value is -1.81. The molecule has 0 radical (unpaired) electrons. The van der Waals surface area contributed by atoms with E-state index in [9.17, 15) is 0 Å². The summed E-state index contributed by atoms with van der Waals surface area (Å²) in [5.74, 6) is 2.40. The standard InChI is InChI=1S/C16H21N3O/c1-11-10-19(8-6-15(11)17)16-14-9-13(20-2)4-3-12(14)5-7-18-16/h3-5,7,9,11,15H,6,8,10,17H2,1-2H3. The van der Waals surface area contributed by atoms with Crippen molar-refractivity contribution >= 4 is 16.6 Å². The lowest BCUT2D eigenvalue weighted by molar-refractivity contribution is 0.382. The summed E-state index contributed by atoms with van der Waals surface area (Å²) < 4.78 is 5.34. The predicted molar refractivity (Wildman–Crippen MR) is 82.3 cm³/mol. The van der Waals surface area contributed by atoms with Crippen LogP contribution in [0.25, 0.3) is 10.8 Å². The molecular formula is C16H21N3O. The van der Waals surface area contributed by atoms with Gasteiger partial charge in [-0.2, -0.15) is 0 Å². The van der Waals surface area contributed by atoms with Crippen LogP contribution >= 0.6 is 0 Å². The van der Waals surface area contributed by atoms with Gasteiger partial charge in [0, 0.05) is 30.7 Å². The van der Waals surface area contributed by atoms with Gasteiger partial charge in [0.1, 0.15) is 11.6 Å². The molecule has 1 aliphatic rings. The molecule has 2 atom stereocenters. The SMILES string of the molecule is COc1ccc2ccnc(N3CCC(N)C(C)C3)c2c1. The van der Waals surface area contributed by atoms with E-state index in [0.717, 1.165) is 36.5 Å². The molecule has 0 amide bonds. The van der Waals surface area contributed by atoms with E-state index in [0.29, 0.717) is 12.0 Å². The van der Waals surface area contributed by atoms with E-state index in [2.05, 4.69) is 28.9 Å². The average Bonchev–Trinajstić information content (AvgIpc) is 2.49. The molecule has 106 valence electrons. The maximum atomic E-state index is 6.11. The van der Waals surface area contributed by atoms with Gasteiger partial charge in [-0.3, -0.25) is 0 Å². The van der Waals surface area contributed by atoms with Crippen molar-refractivity contribution in [2.75, 3.05) is 25.1 Å². The Morgan fingerprint density at radius 2 is 2.20 bits per heavy atom. The van der Waals surface area contributed by atoms with Gasteiger partial charge in [0.15, 0.2) is 0 Å². The molecule has 0 aliphatic carbocycles. The lowest BCUT2D eigenvalue weighted by atomic mass is 9.94. The van der Waals surface area contributed by atoms with Gasteiger partial charge in [0.05, 0.1) is 7.11 Å². The first-order valence-corrected chi connectivity index (χ1v) is 7.12. The molecule has 0 spiro atoms. The molecule has 2 unspecified atom stereocenters. The highest BCUT2D eigenvalue weighted by molar-refractivity contribution is 5.93. The molecule has 0 saturated carbocycles. The largest absolute Gasteiger partial charge is 0.497 e. The molecule has 2 N–H and O–H groups in total. The molecule has 3 rings (SSSR count). The summed E-state index contributed by atoms with van der Waals surface area (Å²) in [5, 5.41) is 2.34. The van der Waals surface area contributed by atoms with E-state index in [4.69, 9.17) is 10.5 Å². The normalized spacial score (nSPS) is 23.1. The second kappa shape index (κ2) is 5.29. The second-order valence-electron chi connectivity index (χ2n) is 5.60. The van der Waals surface area contributed by atoms with E-state index in [1.54, 1.807) is 7.11 Å². The molecule has 2 heterocycles. The smallest absolute Gasteiger partial charge is 0.136 e. The van der Waals surface area contributed by atoms with Crippen molar-refractivity contribution in [1.29, 1.82) is 0 Å². The van der Waals surface area contributed by atoms with Gasteiger partial charge in [0.2, 0.25) is 0 Å². The number of benzene rings is 1. The zero-order valence-corrected chi connectivity index (χ0v) is 12.0. The van der Waals surface area contributed by atoms with Gasteiger partial charge in [-0.1, -0.05) is 13.0 Å². The van der Waals surface area contributed by atoms with Crippen LogP contribution in [-0.2, 0) is 0 Å². The number of aromatic nitrogens is 1. The van der Waals surface area contributed by atoms with E-state index in [-0.39, 0.29) is 0 Å². The fourth-order valence-corrected chi connectivity index (χ4v) is 2.87. The van der Waals surface area contributed by atoms with Gasteiger partial charge in [-0.05, 0) is 35.9 Å². The molecule has 0 bridgehead atoms. The molecule has 1 aromatic carbocycles. The van der Waals surface area contributed by atoms with E-state index in [1.165, 1.54) is 5.39 Å². The number of pyridine rings is 1. The van der Waals surface area contributed by atoms with Crippen molar-refractivity contribution in [2.24, 2.45) is 11.7 Å². The van der Waals surface area contributed by atoms with Gasteiger partial charge in [-0.25, -0.2) is 4.98 Å². The zero-order chi connectivity index (χ0) is 14.1. The van der Waals surface area contributed by atoms with Crippen molar-refractivity contribution in [1.82, 2.24) is 4.98 Å². The fraction of sp³-hybridized carbons (Fsp3) is 0.438. The summed E-state index contributed by atoms with van der Waals surface area (Å²) in [5.41, 5.74) is 6.11. The molecule has 20 heavy (non-hydrogen) atoms. The van der Waals surface area contributed by atoms with Crippen molar-refractivity contribution in [2.45, 2.75) is 19.4 Å².